The molecule has 2 rings (SSSR count). The van der Waals surface area contributed by atoms with Crippen molar-refractivity contribution in [2.24, 2.45) is 0 Å². The number of alkyl halides is 3. The highest BCUT2D eigenvalue weighted by atomic mass is 35.5. The summed E-state index contributed by atoms with van der Waals surface area (Å²) >= 11 is 5.58. The fraction of sp³-hybridized carbons (Fsp3) is 0.133. The molecule has 0 spiro atoms. The monoisotopic (exact) mass is 358 g/mol. The molecule has 0 bridgehead atoms. The molecule has 9 heteroatoms. The second-order valence-electron chi connectivity index (χ2n) is 4.57. The Morgan fingerprint density at radius 2 is 1.79 bits per heavy atom. The van der Waals surface area contributed by atoms with Crippen LogP contribution in [0.3, 0.4) is 0 Å². The van der Waals surface area contributed by atoms with Crippen molar-refractivity contribution in [3.05, 3.63) is 58.9 Å². The number of amides is 1. The Bertz CT molecular complexity index is 731. The summed E-state index contributed by atoms with van der Waals surface area (Å²) in [6, 6.07) is 6.64. The van der Waals surface area contributed by atoms with Crippen LogP contribution in [0.5, 0.6) is 0 Å². The number of esters is 1. The zero-order valence-corrected chi connectivity index (χ0v) is 12.7. The maximum Gasteiger partial charge on any atom is 0.416 e. The number of pyridine rings is 1. The van der Waals surface area contributed by atoms with Crippen molar-refractivity contribution in [1.82, 2.24) is 4.98 Å². The Labute approximate surface area is 139 Å². The minimum absolute atomic E-state index is 0.113. The van der Waals surface area contributed by atoms with E-state index in [4.69, 9.17) is 16.3 Å². The molecule has 1 N–H and O–H groups in total. The molecule has 0 fully saturated rings. The van der Waals surface area contributed by atoms with Crippen molar-refractivity contribution >= 4 is 29.2 Å². The number of nitrogens with zero attached hydrogens (tertiary/aromatic N) is 1. The van der Waals surface area contributed by atoms with Crippen LogP contribution >= 0.6 is 11.6 Å². The van der Waals surface area contributed by atoms with E-state index in [-0.39, 0.29) is 16.4 Å². The van der Waals surface area contributed by atoms with Gasteiger partial charge in [-0.1, -0.05) is 11.6 Å². The third-order valence-corrected chi connectivity index (χ3v) is 3.02. The lowest BCUT2D eigenvalue weighted by Crippen LogP contribution is -2.21. The molecule has 0 aliphatic heterocycles. The van der Waals surface area contributed by atoms with E-state index in [0.29, 0.717) is 0 Å². The highest BCUT2D eigenvalue weighted by Crippen LogP contribution is 2.29. The predicted octanol–water partition coefficient (Wildman–Crippen LogP) is 3.55. The summed E-state index contributed by atoms with van der Waals surface area (Å²) in [6.07, 6.45) is -3.26. The lowest BCUT2D eigenvalue weighted by molar-refractivity contribution is -0.137. The van der Waals surface area contributed by atoms with Crippen molar-refractivity contribution in [3.8, 4) is 0 Å². The second kappa shape index (κ2) is 7.31. The van der Waals surface area contributed by atoms with Gasteiger partial charge >= 0.3 is 12.1 Å². The summed E-state index contributed by atoms with van der Waals surface area (Å²) in [5.41, 5.74) is -0.568. The van der Waals surface area contributed by atoms with Crippen molar-refractivity contribution in [2.75, 3.05) is 11.9 Å². The number of aromatic nitrogens is 1. The molecule has 126 valence electrons. The fourth-order valence-electron chi connectivity index (χ4n) is 1.65. The molecular weight excluding hydrogens is 349 g/mol. The number of rotatable bonds is 4. The summed E-state index contributed by atoms with van der Waals surface area (Å²) in [4.78, 5) is 27.0. The van der Waals surface area contributed by atoms with E-state index in [9.17, 15) is 22.8 Å². The maximum atomic E-state index is 12.4. The smallest absolute Gasteiger partial charge is 0.416 e. The average Bonchev–Trinajstić information content (AvgIpc) is 2.53. The average molecular weight is 359 g/mol. The number of benzene rings is 1. The summed E-state index contributed by atoms with van der Waals surface area (Å²) < 4.78 is 42.0. The third-order valence-electron chi connectivity index (χ3n) is 2.79. The highest BCUT2D eigenvalue weighted by Gasteiger charge is 2.29. The lowest BCUT2D eigenvalue weighted by atomic mass is 10.2. The first-order chi connectivity index (χ1) is 11.3. The van der Waals surface area contributed by atoms with Gasteiger partial charge in [-0.3, -0.25) is 4.79 Å². The molecular formula is C15H10ClF3N2O3. The number of nitrogens with one attached hydrogen (secondary N) is 1. The van der Waals surface area contributed by atoms with E-state index in [0.717, 1.165) is 24.3 Å². The SMILES string of the molecule is O=C(COC(=O)c1ccc(Cl)nc1)Nc1ccc(C(F)(F)F)cc1. The van der Waals surface area contributed by atoms with Crippen LogP contribution in [0.4, 0.5) is 18.9 Å². The van der Waals surface area contributed by atoms with Gasteiger partial charge in [0.05, 0.1) is 11.1 Å². The zero-order chi connectivity index (χ0) is 17.7. The molecule has 1 aromatic heterocycles. The molecule has 0 aliphatic carbocycles. The van der Waals surface area contributed by atoms with E-state index in [2.05, 4.69) is 10.3 Å². The van der Waals surface area contributed by atoms with E-state index in [1.54, 1.807) is 0 Å². The van der Waals surface area contributed by atoms with E-state index in [1.165, 1.54) is 18.3 Å². The first kappa shape index (κ1) is 17.7. The molecule has 0 unspecified atom stereocenters. The molecule has 1 heterocycles. The number of carbonyl (C=O) groups is 2. The quantitative estimate of drug-likeness (QED) is 0.670. The van der Waals surface area contributed by atoms with Crippen LogP contribution in [0.2, 0.25) is 5.15 Å². The van der Waals surface area contributed by atoms with Gasteiger partial charge in [0, 0.05) is 11.9 Å². The van der Waals surface area contributed by atoms with Crippen molar-refractivity contribution in [3.63, 3.8) is 0 Å². The van der Waals surface area contributed by atoms with Crippen LogP contribution < -0.4 is 5.32 Å². The van der Waals surface area contributed by atoms with Crippen LogP contribution in [0.1, 0.15) is 15.9 Å². The topological polar surface area (TPSA) is 68.3 Å². The van der Waals surface area contributed by atoms with Gasteiger partial charge in [0.1, 0.15) is 5.15 Å². The largest absolute Gasteiger partial charge is 0.452 e. The minimum atomic E-state index is -4.45. The van der Waals surface area contributed by atoms with E-state index < -0.39 is 30.2 Å². The van der Waals surface area contributed by atoms with E-state index in [1.807, 2.05) is 0 Å². The van der Waals surface area contributed by atoms with Crippen LogP contribution in [0, 0.1) is 0 Å². The number of hydrogen-bond donors (Lipinski definition) is 1. The molecule has 0 atom stereocenters. The Morgan fingerprint density at radius 3 is 2.33 bits per heavy atom. The maximum absolute atomic E-state index is 12.4. The molecule has 1 amide bonds. The first-order valence-corrected chi connectivity index (χ1v) is 6.89. The molecule has 24 heavy (non-hydrogen) atoms. The molecule has 2 aromatic rings. The normalized spacial score (nSPS) is 11.0. The first-order valence-electron chi connectivity index (χ1n) is 6.51. The Hall–Kier alpha value is -2.61. The zero-order valence-electron chi connectivity index (χ0n) is 11.9. The molecule has 0 saturated heterocycles. The summed E-state index contributed by atoms with van der Waals surface area (Å²) in [6.45, 7) is -0.595. The van der Waals surface area contributed by atoms with Crippen LogP contribution in [0.15, 0.2) is 42.6 Å². The molecule has 0 radical (unpaired) electrons. The Balaban J connectivity index is 1.87. The van der Waals surface area contributed by atoms with Crippen LogP contribution in [-0.4, -0.2) is 23.5 Å². The number of ether oxygens (including phenoxy) is 1. The van der Waals surface area contributed by atoms with Gasteiger partial charge in [0.15, 0.2) is 6.61 Å². The van der Waals surface area contributed by atoms with Crippen molar-refractivity contribution in [2.45, 2.75) is 6.18 Å². The van der Waals surface area contributed by atoms with Gasteiger partial charge in [0.2, 0.25) is 0 Å². The Morgan fingerprint density at radius 1 is 1.12 bits per heavy atom. The summed E-state index contributed by atoms with van der Waals surface area (Å²) in [5.74, 6) is -1.47. The number of carbonyl (C=O) groups excluding carboxylic acids is 2. The lowest BCUT2D eigenvalue weighted by Gasteiger charge is -2.09. The third kappa shape index (κ3) is 4.95. The number of halogens is 4. The molecule has 5 nitrogen and oxygen atoms in total. The molecule has 0 saturated carbocycles. The van der Waals surface area contributed by atoms with E-state index >= 15 is 0 Å². The number of anilines is 1. The predicted molar refractivity (Wildman–Crippen MR) is 79.6 cm³/mol. The van der Waals surface area contributed by atoms with Crippen molar-refractivity contribution < 1.29 is 27.5 Å². The van der Waals surface area contributed by atoms with Crippen molar-refractivity contribution in [1.29, 1.82) is 0 Å². The van der Waals surface area contributed by atoms with Gasteiger partial charge in [0.25, 0.3) is 5.91 Å². The van der Waals surface area contributed by atoms with Gasteiger partial charge in [-0.25, -0.2) is 9.78 Å². The van der Waals surface area contributed by atoms with Gasteiger partial charge in [-0.15, -0.1) is 0 Å². The Kier molecular flexibility index (Phi) is 5.40. The van der Waals surface area contributed by atoms with Crippen LogP contribution in [-0.2, 0) is 15.7 Å². The van der Waals surface area contributed by atoms with Gasteiger partial charge in [-0.2, -0.15) is 13.2 Å². The minimum Gasteiger partial charge on any atom is -0.452 e. The fourth-order valence-corrected chi connectivity index (χ4v) is 1.76. The number of hydrogen-bond acceptors (Lipinski definition) is 4. The molecule has 0 aliphatic rings. The summed E-state index contributed by atoms with van der Waals surface area (Å²) in [5, 5.41) is 2.52. The molecule has 1 aromatic carbocycles. The standard InChI is InChI=1S/C15H10ClF3N2O3/c16-12-6-1-9(7-20-12)14(23)24-8-13(22)21-11-4-2-10(3-5-11)15(17,18)19/h1-7H,8H2,(H,21,22). The van der Waals surface area contributed by atoms with Gasteiger partial charge < -0.3 is 10.1 Å². The highest BCUT2D eigenvalue weighted by molar-refractivity contribution is 6.29. The van der Waals surface area contributed by atoms with Gasteiger partial charge in [-0.05, 0) is 36.4 Å². The second-order valence-corrected chi connectivity index (χ2v) is 4.96. The summed E-state index contributed by atoms with van der Waals surface area (Å²) in [7, 11) is 0. The van der Waals surface area contributed by atoms with Crippen LogP contribution in [0.25, 0.3) is 0 Å².